The van der Waals surface area contributed by atoms with Gasteiger partial charge in [-0.05, 0) is 32.9 Å². The van der Waals surface area contributed by atoms with Gasteiger partial charge >= 0.3 is 6.03 Å². The van der Waals surface area contributed by atoms with Crippen molar-refractivity contribution in [1.82, 2.24) is 29.7 Å². The quantitative estimate of drug-likeness (QED) is 0.551. The Bertz CT molecular complexity index is 1240. The van der Waals surface area contributed by atoms with Crippen molar-refractivity contribution in [3.63, 3.8) is 0 Å². The molecule has 0 aromatic carbocycles. The summed E-state index contributed by atoms with van der Waals surface area (Å²) in [6.45, 7) is 6.25. The maximum Gasteiger partial charge on any atom is 0.321 e. The van der Waals surface area contributed by atoms with Crippen molar-refractivity contribution in [2.24, 2.45) is 0 Å². The highest BCUT2D eigenvalue weighted by molar-refractivity contribution is 7.22. The van der Waals surface area contributed by atoms with Crippen LogP contribution in [0.2, 0.25) is 0 Å². The van der Waals surface area contributed by atoms with E-state index in [1.165, 1.54) is 11.3 Å². The van der Waals surface area contributed by atoms with Gasteiger partial charge in [-0.15, -0.1) is 5.10 Å². The average molecular weight is 397 g/mol. The third-order valence-electron chi connectivity index (χ3n) is 4.27. The maximum absolute atomic E-state index is 13.2. The van der Waals surface area contributed by atoms with Crippen molar-refractivity contribution in [3.05, 3.63) is 40.9 Å². The average Bonchev–Trinajstić information content (AvgIpc) is 3.26. The van der Waals surface area contributed by atoms with Gasteiger partial charge in [0, 0.05) is 24.3 Å². The Hall–Kier alpha value is -3.27. The smallest absolute Gasteiger partial charge is 0.321 e. The Morgan fingerprint density at radius 1 is 1.32 bits per heavy atom. The molecule has 0 saturated heterocycles. The molecule has 4 aromatic rings. The van der Waals surface area contributed by atoms with Crippen LogP contribution in [-0.2, 0) is 0 Å². The Kier molecular flexibility index (Phi) is 4.55. The molecule has 0 radical (unpaired) electrons. The molecule has 9 nitrogen and oxygen atoms in total. The minimum absolute atomic E-state index is 0.0668. The van der Waals surface area contributed by atoms with Crippen LogP contribution in [0, 0.1) is 0 Å². The molecule has 4 rings (SSSR count). The van der Waals surface area contributed by atoms with Gasteiger partial charge in [-0.3, -0.25) is 14.7 Å². The lowest BCUT2D eigenvalue weighted by Crippen LogP contribution is -2.28. The summed E-state index contributed by atoms with van der Waals surface area (Å²) in [5.41, 5.74) is 2.63. The normalized spacial score (nSPS) is 11.4. The summed E-state index contributed by atoms with van der Waals surface area (Å²) in [5, 5.41) is 13.7. The molecular weight excluding hydrogens is 378 g/mol. The van der Waals surface area contributed by atoms with Gasteiger partial charge in [0.05, 0.1) is 17.3 Å². The van der Waals surface area contributed by atoms with Crippen LogP contribution in [0.1, 0.15) is 26.8 Å². The Balaban J connectivity index is 1.88. The van der Waals surface area contributed by atoms with Crippen LogP contribution in [0.3, 0.4) is 0 Å². The Morgan fingerprint density at radius 2 is 2.14 bits per heavy atom. The van der Waals surface area contributed by atoms with Crippen molar-refractivity contribution >= 4 is 38.4 Å². The minimum atomic E-state index is -0.322. The molecule has 0 fully saturated rings. The molecule has 0 saturated carbocycles. The number of thiazole rings is 1. The summed E-state index contributed by atoms with van der Waals surface area (Å²) < 4.78 is 3.33. The lowest BCUT2D eigenvalue weighted by atomic mass is 10.1. The highest BCUT2D eigenvalue weighted by Gasteiger charge is 2.18. The van der Waals surface area contributed by atoms with Gasteiger partial charge in [-0.2, -0.15) is 0 Å². The minimum Gasteiger partial charge on any atom is -0.338 e. The fraction of sp³-hybridized carbons (Fsp3) is 0.278. The molecule has 0 bridgehead atoms. The topological polar surface area (TPSA) is 106 Å². The van der Waals surface area contributed by atoms with Crippen molar-refractivity contribution in [2.75, 3.05) is 11.9 Å². The summed E-state index contributed by atoms with van der Waals surface area (Å²) in [7, 11) is 0. The molecule has 0 unspecified atom stereocenters. The zero-order valence-electron chi connectivity index (χ0n) is 15.6. The Labute approximate surface area is 164 Å². The van der Waals surface area contributed by atoms with E-state index in [2.05, 4.69) is 25.9 Å². The van der Waals surface area contributed by atoms with Crippen LogP contribution in [0.25, 0.3) is 27.0 Å². The van der Waals surface area contributed by atoms with E-state index in [0.717, 1.165) is 15.9 Å². The number of carbonyl (C=O) groups is 1. The van der Waals surface area contributed by atoms with Crippen LogP contribution in [0.5, 0.6) is 0 Å². The molecule has 2 N–H and O–H groups in total. The molecule has 28 heavy (non-hydrogen) atoms. The molecule has 4 heterocycles. The number of nitrogens with one attached hydrogen (secondary N) is 2. The number of carbonyl (C=O) groups excluding carboxylic acids is 1. The summed E-state index contributed by atoms with van der Waals surface area (Å²) in [6, 6.07) is 5.10. The number of pyridine rings is 2. The van der Waals surface area contributed by atoms with Crippen molar-refractivity contribution in [1.29, 1.82) is 0 Å². The molecular formula is C18H19N7O2S. The number of nitrogens with zero attached hydrogens (tertiary/aromatic N) is 5. The zero-order chi connectivity index (χ0) is 19.8. The number of rotatable bonds is 4. The second-order valence-corrected chi connectivity index (χ2v) is 7.52. The van der Waals surface area contributed by atoms with E-state index in [1.807, 2.05) is 32.9 Å². The van der Waals surface area contributed by atoms with E-state index in [1.54, 1.807) is 27.5 Å². The Morgan fingerprint density at radius 3 is 2.89 bits per heavy atom. The summed E-state index contributed by atoms with van der Waals surface area (Å²) in [6.07, 6.45) is 3.43. The number of urea groups is 1. The standard InChI is InChI=1S/C18H19N7O2S/c1-4-19-17(27)22-18-21-14-7-13(15(26)25(10(2)3)16(14)28-18)11-5-6-12-8-20-23-24(12)9-11/h5-10H,4H2,1-3H3,(H2,19,21,22,27). The maximum atomic E-state index is 13.2. The SMILES string of the molecule is CCNC(=O)Nc1nc2cc(-c3ccc4cnnn4c3)c(=O)n(C(C)C)c2s1. The van der Waals surface area contributed by atoms with E-state index in [9.17, 15) is 9.59 Å². The monoisotopic (exact) mass is 397 g/mol. The number of hydrogen-bond donors (Lipinski definition) is 2. The summed E-state index contributed by atoms with van der Waals surface area (Å²) >= 11 is 1.28. The van der Waals surface area contributed by atoms with Gasteiger partial charge < -0.3 is 5.32 Å². The van der Waals surface area contributed by atoms with E-state index in [-0.39, 0.29) is 17.6 Å². The van der Waals surface area contributed by atoms with Crippen LogP contribution >= 0.6 is 11.3 Å². The lowest BCUT2D eigenvalue weighted by Gasteiger charge is -2.13. The third kappa shape index (κ3) is 3.11. The van der Waals surface area contributed by atoms with E-state index < -0.39 is 0 Å². The first-order valence-electron chi connectivity index (χ1n) is 8.89. The van der Waals surface area contributed by atoms with Crippen LogP contribution in [0.15, 0.2) is 35.4 Å². The van der Waals surface area contributed by atoms with E-state index in [0.29, 0.717) is 22.8 Å². The molecule has 0 aliphatic carbocycles. The zero-order valence-corrected chi connectivity index (χ0v) is 16.4. The first kappa shape index (κ1) is 18.1. The molecule has 0 spiro atoms. The molecule has 10 heteroatoms. The summed E-state index contributed by atoms with van der Waals surface area (Å²) in [5.74, 6) is 0. The van der Waals surface area contributed by atoms with Gasteiger partial charge in [0.15, 0.2) is 5.13 Å². The van der Waals surface area contributed by atoms with Gasteiger partial charge in [0.1, 0.15) is 10.3 Å². The van der Waals surface area contributed by atoms with Gasteiger partial charge in [0.2, 0.25) is 0 Å². The van der Waals surface area contributed by atoms with Crippen molar-refractivity contribution in [3.8, 4) is 11.1 Å². The molecule has 0 aliphatic rings. The van der Waals surface area contributed by atoms with E-state index >= 15 is 0 Å². The fourth-order valence-corrected chi connectivity index (χ4v) is 4.09. The lowest BCUT2D eigenvalue weighted by molar-refractivity contribution is 0.252. The molecule has 144 valence electrons. The van der Waals surface area contributed by atoms with Gasteiger partial charge in [-0.1, -0.05) is 22.6 Å². The van der Waals surface area contributed by atoms with Crippen molar-refractivity contribution < 1.29 is 4.79 Å². The van der Waals surface area contributed by atoms with Crippen LogP contribution < -0.4 is 16.2 Å². The number of anilines is 1. The fourth-order valence-electron chi connectivity index (χ4n) is 3.02. The van der Waals surface area contributed by atoms with Gasteiger partial charge in [-0.25, -0.2) is 14.3 Å². The third-order valence-corrected chi connectivity index (χ3v) is 5.25. The van der Waals surface area contributed by atoms with E-state index in [4.69, 9.17) is 0 Å². The highest BCUT2D eigenvalue weighted by Crippen LogP contribution is 2.30. The molecule has 0 atom stereocenters. The van der Waals surface area contributed by atoms with Crippen LogP contribution in [-0.4, -0.2) is 37.0 Å². The molecule has 4 aromatic heterocycles. The first-order chi connectivity index (χ1) is 13.5. The number of amides is 2. The van der Waals surface area contributed by atoms with Crippen LogP contribution in [0.4, 0.5) is 9.93 Å². The number of aromatic nitrogens is 5. The summed E-state index contributed by atoms with van der Waals surface area (Å²) in [4.78, 5) is 30.3. The number of fused-ring (bicyclic) bond motifs is 2. The largest absolute Gasteiger partial charge is 0.338 e. The molecule has 0 aliphatic heterocycles. The second kappa shape index (κ2) is 7.04. The highest BCUT2D eigenvalue weighted by atomic mass is 32.1. The predicted molar refractivity (Wildman–Crippen MR) is 109 cm³/mol. The first-order valence-corrected chi connectivity index (χ1v) is 9.71. The predicted octanol–water partition coefficient (Wildman–Crippen LogP) is 2.89. The van der Waals surface area contributed by atoms with Gasteiger partial charge in [0.25, 0.3) is 5.56 Å². The molecule has 2 amide bonds. The second-order valence-electron chi connectivity index (χ2n) is 6.54. The van der Waals surface area contributed by atoms with Crippen molar-refractivity contribution in [2.45, 2.75) is 26.8 Å². The number of hydrogen-bond acceptors (Lipinski definition) is 6.